The molecule has 2 fully saturated rings. The zero-order valence-electron chi connectivity index (χ0n) is 17.9. The van der Waals surface area contributed by atoms with Crippen LogP contribution in [0.3, 0.4) is 0 Å². The van der Waals surface area contributed by atoms with Gasteiger partial charge in [0.2, 0.25) is 21.8 Å². The highest BCUT2D eigenvalue weighted by atomic mass is 35.5. The lowest BCUT2D eigenvalue weighted by Crippen LogP contribution is -2.61. The molecule has 1 atom stereocenters. The van der Waals surface area contributed by atoms with E-state index in [1.807, 2.05) is 0 Å². The lowest BCUT2D eigenvalue weighted by Gasteiger charge is -2.45. The van der Waals surface area contributed by atoms with Gasteiger partial charge in [-0.25, -0.2) is 8.42 Å². The number of primary amides is 1. The minimum Gasteiger partial charge on any atom is -0.633 e. The summed E-state index contributed by atoms with van der Waals surface area (Å²) in [6, 6.07) is 2.69. The molecule has 2 aliphatic heterocycles. The van der Waals surface area contributed by atoms with E-state index in [0.29, 0.717) is 30.6 Å². The number of likely N-dealkylation sites (N-methyl/N-ethyl adjacent to an activating group) is 1. The lowest BCUT2D eigenvalue weighted by molar-refractivity contribution is -0.864. The number of nitrogens with two attached hydrogens (primary N) is 1. The Morgan fingerprint density at radius 1 is 1.22 bits per heavy atom. The molecule has 1 aromatic rings. The second kappa shape index (κ2) is 9.71. The molecule has 13 heteroatoms. The van der Waals surface area contributed by atoms with E-state index in [1.54, 1.807) is 13.0 Å². The first-order valence-electron chi connectivity index (χ1n) is 9.99. The van der Waals surface area contributed by atoms with E-state index in [0.717, 1.165) is 0 Å². The summed E-state index contributed by atoms with van der Waals surface area (Å²) in [5.41, 5.74) is 6.14. The third-order valence-electron chi connectivity index (χ3n) is 5.71. The van der Waals surface area contributed by atoms with Crippen LogP contribution in [-0.4, -0.2) is 81.5 Å². The molecule has 3 amide bonds. The van der Waals surface area contributed by atoms with Crippen LogP contribution in [0.15, 0.2) is 23.1 Å². The molecule has 2 heterocycles. The zero-order chi connectivity index (χ0) is 23.0. The lowest BCUT2D eigenvalue weighted by atomic mass is 10.2. The number of nitrogens with one attached hydrogen (secondary N) is 1. The van der Waals surface area contributed by atoms with Gasteiger partial charge in [-0.2, -0.15) is 4.72 Å². The third-order valence-corrected chi connectivity index (χ3v) is 7.28. The molecule has 0 spiro atoms. The van der Waals surface area contributed by atoms with Gasteiger partial charge in [-0.1, -0.05) is 6.07 Å². The van der Waals surface area contributed by atoms with Crippen molar-refractivity contribution in [1.29, 1.82) is 0 Å². The fourth-order valence-corrected chi connectivity index (χ4v) is 5.25. The van der Waals surface area contributed by atoms with Gasteiger partial charge in [0.25, 0.3) is 5.91 Å². The van der Waals surface area contributed by atoms with Gasteiger partial charge in [0.1, 0.15) is 0 Å². The van der Waals surface area contributed by atoms with Crippen molar-refractivity contribution in [1.82, 2.24) is 9.62 Å². The predicted molar refractivity (Wildman–Crippen MR) is 119 cm³/mol. The normalized spacial score (nSPS) is 19.4. The standard InChI is InChI=1S/C19H27N5O6S.ClH/c1-13-14(23-8-4-7-16(23)25)5-3-6-15(13)31(29,30)21-17(18(20)26)19(27)22-9-11-24(2,28)12-10-22;/h3,5-6,17,21H,4,7-12H2,1-2H3,(H2,20,26);1H/t17-;/m0./s1. The van der Waals surface area contributed by atoms with Crippen molar-refractivity contribution in [3.63, 3.8) is 0 Å². The molecular weight excluding hydrogens is 462 g/mol. The van der Waals surface area contributed by atoms with Crippen LogP contribution in [0.4, 0.5) is 5.69 Å². The first-order chi connectivity index (χ1) is 14.4. The van der Waals surface area contributed by atoms with Gasteiger partial charge in [0.05, 0.1) is 38.1 Å². The number of amides is 3. The highest BCUT2D eigenvalue weighted by Crippen LogP contribution is 2.29. The summed E-state index contributed by atoms with van der Waals surface area (Å²) < 4.78 is 27.7. The van der Waals surface area contributed by atoms with Crippen LogP contribution in [0.2, 0.25) is 0 Å². The minimum absolute atomic E-state index is 0. The van der Waals surface area contributed by atoms with Crippen LogP contribution in [0.25, 0.3) is 0 Å². The van der Waals surface area contributed by atoms with E-state index < -0.39 is 32.5 Å². The topological polar surface area (TPSA) is 153 Å². The molecule has 0 radical (unpaired) electrons. The number of carbonyl (C=O) groups is 3. The maximum atomic E-state index is 13.1. The first kappa shape index (κ1) is 26.0. The molecule has 0 bridgehead atoms. The quantitative estimate of drug-likeness (QED) is 0.311. The van der Waals surface area contributed by atoms with Crippen LogP contribution >= 0.6 is 12.4 Å². The summed E-state index contributed by atoms with van der Waals surface area (Å²) in [6.07, 6.45) is 1.08. The number of carbonyl (C=O) groups excluding carboxylic acids is 3. The van der Waals surface area contributed by atoms with Gasteiger partial charge in [0, 0.05) is 18.7 Å². The fraction of sp³-hybridized carbons (Fsp3) is 0.526. The molecule has 2 saturated heterocycles. The van der Waals surface area contributed by atoms with Crippen LogP contribution in [-0.2, 0) is 24.4 Å². The van der Waals surface area contributed by atoms with Crippen molar-refractivity contribution in [3.05, 3.63) is 29.0 Å². The largest absolute Gasteiger partial charge is 0.633 e. The van der Waals surface area contributed by atoms with Crippen LogP contribution in [0.5, 0.6) is 0 Å². The number of piperazine rings is 1. The molecule has 0 unspecified atom stereocenters. The van der Waals surface area contributed by atoms with Crippen molar-refractivity contribution in [2.75, 3.05) is 44.7 Å². The van der Waals surface area contributed by atoms with Crippen LogP contribution in [0, 0.1) is 12.1 Å². The molecule has 3 N–H and O–H groups in total. The Labute approximate surface area is 193 Å². The second-order valence-electron chi connectivity index (χ2n) is 8.08. The Morgan fingerprint density at radius 2 is 1.84 bits per heavy atom. The van der Waals surface area contributed by atoms with Gasteiger partial charge in [0.15, 0.2) is 6.04 Å². The minimum atomic E-state index is -4.31. The molecule has 11 nitrogen and oxygen atoms in total. The monoisotopic (exact) mass is 489 g/mol. The number of rotatable bonds is 6. The molecule has 1 aromatic carbocycles. The maximum Gasteiger partial charge on any atom is 0.250 e. The molecule has 178 valence electrons. The Kier molecular flexibility index (Phi) is 7.89. The average molecular weight is 490 g/mol. The number of benzene rings is 1. The van der Waals surface area contributed by atoms with E-state index in [9.17, 15) is 28.0 Å². The molecule has 0 aliphatic carbocycles. The number of hydroxylamine groups is 3. The molecule has 3 rings (SSSR count). The van der Waals surface area contributed by atoms with Gasteiger partial charge < -0.3 is 25.4 Å². The van der Waals surface area contributed by atoms with Crippen LogP contribution < -0.4 is 15.4 Å². The summed E-state index contributed by atoms with van der Waals surface area (Å²) in [5, 5.41) is 12.0. The smallest absolute Gasteiger partial charge is 0.250 e. The Morgan fingerprint density at radius 3 is 2.38 bits per heavy atom. The summed E-state index contributed by atoms with van der Waals surface area (Å²) in [6.45, 7) is 2.51. The van der Waals surface area contributed by atoms with Gasteiger partial charge in [-0.3, -0.25) is 14.4 Å². The molecule has 0 aromatic heterocycles. The van der Waals surface area contributed by atoms with E-state index in [-0.39, 0.29) is 49.4 Å². The number of hydrogen-bond acceptors (Lipinski definition) is 6. The Hall–Kier alpha value is -2.25. The van der Waals surface area contributed by atoms with Crippen molar-refractivity contribution in [2.24, 2.45) is 5.73 Å². The number of nitrogens with zero attached hydrogens (tertiary/aromatic N) is 3. The van der Waals surface area contributed by atoms with Crippen molar-refractivity contribution < 1.29 is 27.4 Å². The van der Waals surface area contributed by atoms with E-state index in [2.05, 4.69) is 4.72 Å². The highest BCUT2D eigenvalue weighted by molar-refractivity contribution is 7.89. The highest BCUT2D eigenvalue weighted by Gasteiger charge is 2.37. The van der Waals surface area contributed by atoms with Crippen molar-refractivity contribution in [3.8, 4) is 0 Å². The zero-order valence-corrected chi connectivity index (χ0v) is 19.6. The number of quaternary nitrogens is 1. The average Bonchev–Trinajstić information content (AvgIpc) is 3.11. The number of sulfonamides is 1. The Balaban J connectivity index is 0.00000363. The van der Waals surface area contributed by atoms with Crippen LogP contribution in [0.1, 0.15) is 18.4 Å². The van der Waals surface area contributed by atoms with Gasteiger partial charge in [-0.05, 0) is 31.0 Å². The maximum absolute atomic E-state index is 13.1. The number of halogens is 1. The Bertz CT molecular complexity index is 1010. The van der Waals surface area contributed by atoms with Crippen molar-refractivity contribution >= 4 is 45.8 Å². The summed E-state index contributed by atoms with van der Waals surface area (Å²) >= 11 is 0. The summed E-state index contributed by atoms with van der Waals surface area (Å²) in [7, 11) is -2.83. The van der Waals surface area contributed by atoms with Gasteiger partial charge >= 0.3 is 0 Å². The predicted octanol–water partition coefficient (Wildman–Crippen LogP) is -0.538. The second-order valence-corrected chi connectivity index (χ2v) is 9.76. The number of anilines is 1. The molecular formula is C19H28ClN5O6S. The fourth-order valence-electron chi connectivity index (χ4n) is 3.83. The third kappa shape index (κ3) is 5.38. The molecule has 32 heavy (non-hydrogen) atoms. The number of hydrogen-bond donors (Lipinski definition) is 2. The summed E-state index contributed by atoms with van der Waals surface area (Å²) in [5.74, 6) is -2.02. The van der Waals surface area contributed by atoms with Gasteiger partial charge in [-0.15, -0.1) is 12.4 Å². The summed E-state index contributed by atoms with van der Waals surface area (Å²) in [4.78, 5) is 39.5. The molecule has 2 aliphatic rings. The first-order valence-corrected chi connectivity index (χ1v) is 11.5. The van der Waals surface area contributed by atoms with Crippen molar-refractivity contribution in [2.45, 2.75) is 30.7 Å². The van der Waals surface area contributed by atoms with E-state index >= 15 is 0 Å². The van der Waals surface area contributed by atoms with E-state index in [4.69, 9.17) is 5.73 Å². The molecule has 0 saturated carbocycles. The van der Waals surface area contributed by atoms with E-state index in [1.165, 1.54) is 29.0 Å². The SMILES string of the molecule is Cc1c(N2CCCC2=O)cccc1S(=O)(=O)N[C@@H](C(N)=O)C(=O)N1CC[N+](C)([O-])CC1.Cl.